The Labute approximate surface area is 132 Å². The highest BCUT2D eigenvalue weighted by Gasteiger charge is 2.37. The highest BCUT2D eigenvalue weighted by Crippen LogP contribution is 2.24. The van der Waals surface area contributed by atoms with Gasteiger partial charge in [0, 0.05) is 52.1 Å². The first-order valence-corrected chi connectivity index (χ1v) is 8.29. The van der Waals surface area contributed by atoms with E-state index in [1.807, 2.05) is 23.6 Å². The number of carbonyl (C=O) groups excluding carboxylic acids is 3. The highest BCUT2D eigenvalue weighted by molar-refractivity contribution is 5.89. The van der Waals surface area contributed by atoms with Crippen LogP contribution in [0.4, 0.5) is 0 Å². The third-order valence-corrected chi connectivity index (χ3v) is 4.92. The minimum Gasteiger partial charge on any atom is -0.345 e. The zero-order chi connectivity index (χ0) is 16.3. The highest BCUT2D eigenvalue weighted by atomic mass is 16.2. The molecule has 2 aliphatic heterocycles. The van der Waals surface area contributed by atoms with Gasteiger partial charge in [-0.1, -0.05) is 0 Å². The van der Waals surface area contributed by atoms with E-state index in [1.165, 1.54) is 0 Å². The summed E-state index contributed by atoms with van der Waals surface area (Å²) in [5, 5.41) is 0. The molecule has 6 nitrogen and oxygen atoms in total. The second-order valence-electron chi connectivity index (χ2n) is 6.29. The number of rotatable bonds is 4. The molecule has 0 aromatic heterocycles. The van der Waals surface area contributed by atoms with Crippen LogP contribution in [0, 0.1) is 11.8 Å². The Hall–Kier alpha value is -1.59. The molecule has 0 saturated carbocycles. The molecular formula is C16H27N3O3. The van der Waals surface area contributed by atoms with Crippen molar-refractivity contribution in [2.45, 2.75) is 33.1 Å². The Morgan fingerprint density at radius 3 is 2.18 bits per heavy atom. The number of piperidine rings is 1. The minimum absolute atomic E-state index is 0.0387. The maximum Gasteiger partial charge on any atom is 0.227 e. The Kier molecular flexibility index (Phi) is 5.42. The van der Waals surface area contributed by atoms with Gasteiger partial charge in [0.2, 0.25) is 17.7 Å². The van der Waals surface area contributed by atoms with Crippen LogP contribution in [-0.2, 0) is 14.4 Å². The summed E-state index contributed by atoms with van der Waals surface area (Å²) in [5.41, 5.74) is 0. The first-order chi connectivity index (χ1) is 10.5. The van der Waals surface area contributed by atoms with Crippen molar-refractivity contribution in [1.82, 2.24) is 14.7 Å². The molecule has 2 aliphatic rings. The molecule has 0 spiro atoms. The van der Waals surface area contributed by atoms with Crippen LogP contribution in [0.3, 0.4) is 0 Å². The lowest BCUT2D eigenvalue weighted by Crippen LogP contribution is -2.46. The van der Waals surface area contributed by atoms with Gasteiger partial charge >= 0.3 is 0 Å². The zero-order valence-electron chi connectivity index (χ0n) is 13.9. The molecule has 0 bridgehead atoms. The molecule has 22 heavy (non-hydrogen) atoms. The number of amides is 3. The van der Waals surface area contributed by atoms with Crippen LogP contribution < -0.4 is 0 Å². The lowest BCUT2D eigenvalue weighted by molar-refractivity contribution is -0.142. The molecule has 1 unspecified atom stereocenters. The van der Waals surface area contributed by atoms with E-state index in [9.17, 15) is 14.4 Å². The number of hydrogen-bond donors (Lipinski definition) is 0. The van der Waals surface area contributed by atoms with Gasteiger partial charge < -0.3 is 14.7 Å². The monoisotopic (exact) mass is 309 g/mol. The van der Waals surface area contributed by atoms with Gasteiger partial charge in [0.05, 0.1) is 5.92 Å². The molecule has 2 heterocycles. The lowest BCUT2D eigenvalue weighted by atomic mass is 9.94. The summed E-state index contributed by atoms with van der Waals surface area (Å²) < 4.78 is 0. The molecule has 0 aromatic carbocycles. The van der Waals surface area contributed by atoms with E-state index >= 15 is 0 Å². The molecule has 2 saturated heterocycles. The Balaban J connectivity index is 1.86. The van der Waals surface area contributed by atoms with Crippen LogP contribution in [0.1, 0.15) is 33.1 Å². The van der Waals surface area contributed by atoms with Crippen molar-refractivity contribution >= 4 is 17.7 Å². The van der Waals surface area contributed by atoms with Gasteiger partial charge in [-0.15, -0.1) is 0 Å². The summed E-state index contributed by atoms with van der Waals surface area (Å²) in [6.07, 6.45) is 1.79. The second-order valence-corrected chi connectivity index (χ2v) is 6.29. The van der Waals surface area contributed by atoms with Crippen molar-refractivity contribution < 1.29 is 14.4 Å². The van der Waals surface area contributed by atoms with Crippen molar-refractivity contribution in [3.63, 3.8) is 0 Å². The van der Waals surface area contributed by atoms with E-state index in [2.05, 4.69) is 0 Å². The fourth-order valence-electron chi connectivity index (χ4n) is 3.43. The van der Waals surface area contributed by atoms with Crippen LogP contribution >= 0.6 is 0 Å². The van der Waals surface area contributed by atoms with Gasteiger partial charge in [-0.05, 0) is 26.7 Å². The molecule has 6 heteroatoms. The van der Waals surface area contributed by atoms with Gasteiger partial charge in [-0.2, -0.15) is 0 Å². The average molecular weight is 309 g/mol. The predicted octanol–water partition coefficient (Wildman–Crippen LogP) is 0.572. The van der Waals surface area contributed by atoms with E-state index in [0.29, 0.717) is 26.1 Å². The van der Waals surface area contributed by atoms with Gasteiger partial charge in [-0.25, -0.2) is 0 Å². The normalized spacial score (nSPS) is 23.0. The summed E-state index contributed by atoms with van der Waals surface area (Å²) in [5.74, 6) is 0.175. The Morgan fingerprint density at radius 1 is 1.14 bits per heavy atom. The zero-order valence-corrected chi connectivity index (χ0v) is 13.9. The summed E-state index contributed by atoms with van der Waals surface area (Å²) in [7, 11) is 1.74. The van der Waals surface area contributed by atoms with Crippen molar-refractivity contribution in [3.8, 4) is 0 Å². The van der Waals surface area contributed by atoms with Gasteiger partial charge in [0.1, 0.15) is 0 Å². The minimum atomic E-state index is -0.201. The van der Waals surface area contributed by atoms with Gasteiger partial charge in [0.25, 0.3) is 0 Å². The van der Waals surface area contributed by atoms with E-state index in [4.69, 9.17) is 0 Å². The van der Waals surface area contributed by atoms with Crippen molar-refractivity contribution in [2.24, 2.45) is 11.8 Å². The fourth-order valence-corrected chi connectivity index (χ4v) is 3.43. The molecule has 2 rings (SSSR count). The van der Waals surface area contributed by atoms with Crippen LogP contribution in [0.15, 0.2) is 0 Å². The van der Waals surface area contributed by atoms with Gasteiger partial charge in [0.15, 0.2) is 0 Å². The fraction of sp³-hybridized carbons (Fsp3) is 0.812. The van der Waals surface area contributed by atoms with E-state index < -0.39 is 0 Å². The maximum absolute atomic E-state index is 12.5. The Morgan fingerprint density at radius 2 is 1.73 bits per heavy atom. The summed E-state index contributed by atoms with van der Waals surface area (Å²) in [6.45, 7) is 7.25. The molecule has 1 atom stereocenters. The SMILES string of the molecule is CCN(CC)C(=O)C1CCN(C(=O)C2CC(=O)N(C)C2)CC1. The standard InChI is InChI=1S/C16H27N3O3/c1-4-18(5-2)15(21)12-6-8-19(9-7-12)16(22)13-10-14(20)17(3)11-13/h12-13H,4-11H2,1-3H3. The number of carbonyl (C=O) groups is 3. The van der Waals surface area contributed by atoms with E-state index in [-0.39, 0.29) is 29.6 Å². The molecule has 0 N–H and O–H groups in total. The second kappa shape index (κ2) is 7.11. The van der Waals surface area contributed by atoms with Crippen LogP contribution in [0.25, 0.3) is 0 Å². The van der Waals surface area contributed by atoms with Crippen LogP contribution in [0.2, 0.25) is 0 Å². The molecule has 3 amide bonds. The van der Waals surface area contributed by atoms with Gasteiger partial charge in [-0.3, -0.25) is 14.4 Å². The number of likely N-dealkylation sites (tertiary alicyclic amines) is 2. The molecular weight excluding hydrogens is 282 g/mol. The maximum atomic E-state index is 12.5. The molecule has 0 aromatic rings. The first kappa shape index (κ1) is 16.8. The van der Waals surface area contributed by atoms with Crippen molar-refractivity contribution in [2.75, 3.05) is 39.8 Å². The lowest BCUT2D eigenvalue weighted by Gasteiger charge is -2.34. The smallest absolute Gasteiger partial charge is 0.227 e. The molecule has 2 fully saturated rings. The van der Waals surface area contributed by atoms with Crippen molar-refractivity contribution in [3.05, 3.63) is 0 Å². The summed E-state index contributed by atoms with van der Waals surface area (Å²) in [4.78, 5) is 41.7. The largest absolute Gasteiger partial charge is 0.345 e. The van der Waals surface area contributed by atoms with Crippen LogP contribution in [0.5, 0.6) is 0 Å². The topological polar surface area (TPSA) is 60.9 Å². The Bertz CT molecular complexity index is 440. The third kappa shape index (κ3) is 3.42. The summed E-state index contributed by atoms with van der Waals surface area (Å²) >= 11 is 0. The van der Waals surface area contributed by atoms with Crippen LogP contribution in [-0.4, -0.2) is 72.2 Å². The number of hydrogen-bond acceptors (Lipinski definition) is 3. The average Bonchev–Trinajstić information content (AvgIpc) is 2.87. The first-order valence-electron chi connectivity index (χ1n) is 8.29. The predicted molar refractivity (Wildman–Crippen MR) is 83.0 cm³/mol. The number of nitrogens with zero attached hydrogens (tertiary/aromatic N) is 3. The summed E-state index contributed by atoms with van der Waals surface area (Å²) in [6, 6.07) is 0. The van der Waals surface area contributed by atoms with Crippen molar-refractivity contribution in [1.29, 1.82) is 0 Å². The van der Waals surface area contributed by atoms with E-state index in [0.717, 1.165) is 25.9 Å². The molecule has 0 aliphatic carbocycles. The molecule has 124 valence electrons. The van der Waals surface area contributed by atoms with E-state index in [1.54, 1.807) is 11.9 Å². The third-order valence-electron chi connectivity index (χ3n) is 4.92. The molecule has 0 radical (unpaired) electrons. The quantitative estimate of drug-likeness (QED) is 0.763.